The first-order chi connectivity index (χ1) is 11.8. The molecule has 0 amide bonds. The molecule has 2 aromatic rings. The standard InChI is InChI=1S/C19H17F3O3/c1-12-4-10-15(18(25-3)17(12)24-2)16(23)11-7-13-5-8-14(9-6-13)19(20,21)22/h4-11H,1-3H3/b11-7+. The van der Waals surface area contributed by atoms with Gasteiger partial charge in [0.15, 0.2) is 17.3 Å². The molecule has 0 heterocycles. The van der Waals surface area contributed by atoms with Gasteiger partial charge in [-0.3, -0.25) is 4.79 Å². The average molecular weight is 350 g/mol. The summed E-state index contributed by atoms with van der Waals surface area (Å²) < 4.78 is 48.2. The number of rotatable bonds is 5. The lowest BCUT2D eigenvalue weighted by molar-refractivity contribution is -0.137. The van der Waals surface area contributed by atoms with Gasteiger partial charge in [0.1, 0.15) is 0 Å². The third-order valence-corrected chi connectivity index (χ3v) is 3.65. The van der Waals surface area contributed by atoms with Gasteiger partial charge in [0.05, 0.1) is 25.3 Å². The largest absolute Gasteiger partial charge is 0.493 e. The van der Waals surface area contributed by atoms with E-state index in [1.807, 2.05) is 6.92 Å². The number of halogens is 3. The van der Waals surface area contributed by atoms with Gasteiger partial charge in [0.2, 0.25) is 0 Å². The van der Waals surface area contributed by atoms with Crippen LogP contribution in [0.4, 0.5) is 13.2 Å². The summed E-state index contributed by atoms with van der Waals surface area (Å²) in [6, 6.07) is 7.91. The normalized spacial score (nSPS) is 11.6. The quantitative estimate of drug-likeness (QED) is 0.567. The highest BCUT2D eigenvalue weighted by atomic mass is 19.4. The van der Waals surface area contributed by atoms with Gasteiger partial charge in [-0.2, -0.15) is 13.2 Å². The van der Waals surface area contributed by atoms with Crippen LogP contribution in [0, 0.1) is 6.92 Å². The molecule has 2 rings (SSSR count). The average Bonchev–Trinajstić information content (AvgIpc) is 2.58. The molecule has 0 radical (unpaired) electrons. The zero-order valence-electron chi connectivity index (χ0n) is 14.0. The summed E-state index contributed by atoms with van der Waals surface area (Å²) in [6.07, 6.45) is -1.65. The molecule has 0 aliphatic rings. The maximum atomic E-state index is 12.5. The number of ketones is 1. The number of hydrogen-bond acceptors (Lipinski definition) is 3. The highest BCUT2D eigenvalue weighted by molar-refractivity contribution is 6.09. The van der Waals surface area contributed by atoms with Crippen LogP contribution in [-0.4, -0.2) is 20.0 Å². The minimum Gasteiger partial charge on any atom is -0.493 e. The lowest BCUT2D eigenvalue weighted by atomic mass is 10.0. The van der Waals surface area contributed by atoms with E-state index in [0.29, 0.717) is 22.6 Å². The molecule has 0 aliphatic carbocycles. The summed E-state index contributed by atoms with van der Waals surface area (Å²) in [7, 11) is 2.92. The Balaban J connectivity index is 2.26. The number of carbonyl (C=O) groups is 1. The number of carbonyl (C=O) groups excluding carboxylic acids is 1. The molecule has 0 N–H and O–H groups in total. The number of aryl methyl sites for hydroxylation is 1. The van der Waals surface area contributed by atoms with Crippen molar-refractivity contribution in [3.63, 3.8) is 0 Å². The Bertz CT molecular complexity index is 791. The second-order valence-electron chi connectivity index (χ2n) is 5.31. The van der Waals surface area contributed by atoms with Crippen molar-refractivity contribution in [2.24, 2.45) is 0 Å². The third-order valence-electron chi connectivity index (χ3n) is 3.65. The van der Waals surface area contributed by atoms with Gasteiger partial charge in [-0.1, -0.05) is 24.3 Å². The predicted octanol–water partition coefficient (Wildman–Crippen LogP) is 4.93. The summed E-state index contributed by atoms with van der Waals surface area (Å²) in [5.41, 5.74) is 0.885. The maximum absolute atomic E-state index is 12.5. The molecule has 0 aliphatic heterocycles. The van der Waals surface area contributed by atoms with Gasteiger partial charge >= 0.3 is 6.18 Å². The van der Waals surface area contributed by atoms with E-state index in [0.717, 1.165) is 17.7 Å². The van der Waals surface area contributed by atoms with E-state index in [4.69, 9.17) is 9.47 Å². The van der Waals surface area contributed by atoms with E-state index < -0.39 is 11.7 Å². The van der Waals surface area contributed by atoms with Gasteiger partial charge in [-0.25, -0.2) is 0 Å². The molecule has 0 atom stereocenters. The van der Waals surface area contributed by atoms with Crippen LogP contribution in [0.2, 0.25) is 0 Å². The van der Waals surface area contributed by atoms with Crippen LogP contribution in [0.3, 0.4) is 0 Å². The van der Waals surface area contributed by atoms with Gasteiger partial charge in [0.25, 0.3) is 0 Å². The molecule has 0 unspecified atom stereocenters. The number of benzene rings is 2. The minimum absolute atomic E-state index is 0.313. The van der Waals surface area contributed by atoms with Crippen molar-refractivity contribution < 1.29 is 27.4 Å². The molecule has 0 aromatic heterocycles. The second-order valence-corrected chi connectivity index (χ2v) is 5.31. The first-order valence-corrected chi connectivity index (χ1v) is 7.39. The number of hydrogen-bond donors (Lipinski definition) is 0. The van der Waals surface area contributed by atoms with E-state index in [1.54, 1.807) is 12.1 Å². The topological polar surface area (TPSA) is 35.5 Å². The summed E-state index contributed by atoms with van der Waals surface area (Å²) in [5, 5.41) is 0. The molecule has 25 heavy (non-hydrogen) atoms. The highest BCUT2D eigenvalue weighted by Crippen LogP contribution is 2.35. The van der Waals surface area contributed by atoms with Crippen molar-refractivity contribution >= 4 is 11.9 Å². The Morgan fingerprint density at radius 3 is 2.08 bits per heavy atom. The molecule has 0 saturated carbocycles. The Morgan fingerprint density at radius 1 is 0.960 bits per heavy atom. The van der Waals surface area contributed by atoms with Crippen molar-refractivity contribution in [1.29, 1.82) is 0 Å². The molecule has 0 spiro atoms. The van der Waals surface area contributed by atoms with Crippen LogP contribution in [0.25, 0.3) is 6.08 Å². The van der Waals surface area contributed by atoms with Crippen LogP contribution in [-0.2, 0) is 6.18 Å². The first-order valence-electron chi connectivity index (χ1n) is 7.39. The fourth-order valence-corrected chi connectivity index (χ4v) is 2.36. The monoisotopic (exact) mass is 350 g/mol. The number of allylic oxidation sites excluding steroid dienone is 1. The molecule has 0 fully saturated rings. The zero-order valence-corrected chi connectivity index (χ0v) is 14.0. The third kappa shape index (κ3) is 4.21. The SMILES string of the molecule is COc1c(C)ccc(C(=O)/C=C/c2ccc(C(F)(F)F)cc2)c1OC. The summed E-state index contributed by atoms with van der Waals surface area (Å²) in [4.78, 5) is 12.4. The molecule has 2 aromatic carbocycles. The molecule has 3 nitrogen and oxygen atoms in total. The van der Waals surface area contributed by atoms with E-state index in [1.165, 1.54) is 38.5 Å². The van der Waals surface area contributed by atoms with Crippen molar-refractivity contribution in [2.45, 2.75) is 13.1 Å². The van der Waals surface area contributed by atoms with Gasteiger partial charge < -0.3 is 9.47 Å². The molecular weight excluding hydrogens is 333 g/mol. The Labute approximate surface area is 143 Å². The lowest BCUT2D eigenvalue weighted by Crippen LogP contribution is -2.04. The van der Waals surface area contributed by atoms with Crippen molar-refractivity contribution in [3.05, 3.63) is 64.7 Å². The lowest BCUT2D eigenvalue weighted by Gasteiger charge is -2.13. The van der Waals surface area contributed by atoms with Crippen molar-refractivity contribution in [2.75, 3.05) is 14.2 Å². The number of alkyl halides is 3. The number of ether oxygens (including phenoxy) is 2. The summed E-state index contributed by atoms with van der Waals surface area (Å²) in [5.74, 6) is 0.455. The molecule has 132 valence electrons. The number of methoxy groups -OCH3 is 2. The van der Waals surface area contributed by atoms with Crippen LogP contribution in [0.15, 0.2) is 42.5 Å². The predicted molar refractivity (Wildman–Crippen MR) is 89.1 cm³/mol. The minimum atomic E-state index is -4.39. The van der Waals surface area contributed by atoms with Crippen LogP contribution >= 0.6 is 0 Å². The maximum Gasteiger partial charge on any atom is 0.416 e. The van der Waals surface area contributed by atoms with Gasteiger partial charge in [-0.05, 0) is 42.3 Å². The summed E-state index contributed by atoms with van der Waals surface area (Å²) in [6.45, 7) is 1.83. The Hall–Kier alpha value is -2.76. The molecule has 6 heteroatoms. The Kier molecular flexibility index (Phi) is 5.51. The fraction of sp³-hybridized carbons (Fsp3) is 0.211. The Morgan fingerprint density at radius 2 is 1.56 bits per heavy atom. The van der Waals surface area contributed by atoms with Gasteiger partial charge in [0, 0.05) is 0 Å². The van der Waals surface area contributed by atoms with E-state index in [-0.39, 0.29) is 5.78 Å². The molecular formula is C19H17F3O3. The fourth-order valence-electron chi connectivity index (χ4n) is 2.36. The molecule has 0 bridgehead atoms. The van der Waals surface area contributed by atoms with Crippen molar-refractivity contribution in [1.82, 2.24) is 0 Å². The molecule has 0 saturated heterocycles. The van der Waals surface area contributed by atoms with Crippen LogP contribution in [0.5, 0.6) is 11.5 Å². The van der Waals surface area contributed by atoms with E-state index in [2.05, 4.69) is 0 Å². The van der Waals surface area contributed by atoms with Crippen LogP contribution in [0.1, 0.15) is 27.0 Å². The smallest absolute Gasteiger partial charge is 0.416 e. The zero-order chi connectivity index (χ0) is 18.6. The van der Waals surface area contributed by atoms with E-state index >= 15 is 0 Å². The highest BCUT2D eigenvalue weighted by Gasteiger charge is 2.29. The summed E-state index contributed by atoms with van der Waals surface area (Å²) >= 11 is 0. The van der Waals surface area contributed by atoms with Gasteiger partial charge in [-0.15, -0.1) is 0 Å². The van der Waals surface area contributed by atoms with Crippen molar-refractivity contribution in [3.8, 4) is 11.5 Å². The second kappa shape index (κ2) is 7.42. The van der Waals surface area contributed by atoms with E-state index in [9.17, 15) is 18.0 Å². The first kappa shape index (κ1) is 18.6. The van der Waals surface area contributed by atoms with Crippen LogP contribution < -0.4 is 9.47 Å².